The summed E-state index contributed by atoms with van der Waals surface area (Å²) in [5, 5.41) is 22.3. The molecular formula is C13H16N2O3. The van der Waals surface area contributed by atoms with Crippen molar-refractivity contribution < 1.29 is 15.0 Å². The molecule has 0 saturated carbocycles. The minimum Gasteiger partial charge on any atom is -0.508 e. The Bertz CT molecular complexity index is 589. The first kappa shape index (κ1) is 12.4. The molecule has 0 bridgehead atoms. The van der Waals surface area contributed by atoms with E-state index in [4.69, 9.17) is 5.11 Å². The Morgan fingerprint density at radius 1 is 1.50 bits per heavy atom. The molecule has 96 valence electrons. The largest absolute Gasteiger partial charge is 0.508 e. The molecule has 1 heterocycles. The van der Waals surface area contributed by atoms with Gasteiger partial charge in [0.2, 0.25) is 0 Å². The Hall–Kier alpha value is -2.01. The van der Waals surface area contributed by atoms with Gasteiger partial charge in [0.1, 0.15) is 11.8 Å². The van der Waals surface area contributed by atoms with Gasteiger partial charge in [-0.3, -0.25) is 4.79 Å². The molecule has 0 saturated heterocycles. The standard InChI is InChI=1S/C13H16N2O3/c1-14-11(13(17)18)5-8-7-15(2)12-6-9(16)3-4-10(8)12/h3-4,6-7,11,14,16H,5H2,1-2H3,(H,17,18). The van der Waals surface area contributed by atoms with E-state index in [1.54, 1.807) is 19.2 Å². The van der Waals surface area contributed by atoms with Crippen LogP contribution in [0.3, 0.4) is 0 Å². The Balaban J connectivity index is 2.43. The molecule has 1 unspecified atom stereocenters. The molecule has 18 heavy (non-hydrogen) atoms. The fourth-order valence-electron chi connectivity index (χ4n) is 2.15. The lowest BCUT2D eigenvalue weighted by molar-refractivity contribution is -0.139. The van der Waals surface area contributed by atoms with E-state index in [0.717, 1.165) is 16.5 Å². The van der Waals surface area contributed by atoms with Crippen LogP contribution < -0.4 is 5.32 Å². The number of aryl methyl sites for hydroxylation is 1. The zero-order chi connectivity index (χ0) is 13.3. The number of benzene rings is 1. The summed E-state index contributed by atoms with van der Waals surface area (Å²) in [7, 11) is 3.51. The summed E-state index contributed by atoms with van der Waals surface area (Å²) in [6, 6.07) is 4.49. The normalized spacial score (nSPS) is 12.8. The van der Waals surface area contributed by atoms with Crippen molar-refractivity contribution in [1.82, 2.24) is 9.88 Å². The molecule has 1 aromatic heterocycles. The highest BCUT2D eigenvalue weighted by atomic mass is 16.4. The molecule has 0 aliphatic heterocycles. The third kappa shape index (κ3) is 2.17. The highest BCUT2D eigenvalue weighted by Crippen LogP contribution is 2.25. The van der Waals surface area contributed by atoms with E-state index < -0.39 is 12.0 Å². The number of nitrogens with one attached hydrogen (secondary N) is 1. The molecular weight excluding hydrogens is 232 g/mol. The lowest BCUT2D eigenvalue weighted by Gasteiger charge is -2.09. The van der Waals surface area contributed by atoms with Crippen LogP contribution in [0.2, 0.25) is 0 Å². The van der Waals surface area contributed by atoms with Crippen molar-refractivity contribution in [1.29, 1.82) is 0 Å². The van der Waals surface area contributed by atoms with Crippen molar-refractivity contribution in [2.75, 3.05) is 7.05 Å². The maximum atomic E-state index is 11.0. The maximum Gasteiger partial charge on any atom is 0.321 e. The van der Waals surface area contributed by atoms with Crippen molar-refractivity contribution in [2.24, 2.45) is 7.05 Å². The Morgan fingerprint density at radius 2 is 2.22 bits per heavy atom. The average molecular weight is 248 g/mol. The van der Waals surface area contributed by atoms with Crippen molar-refractivity contribution in [3.05, 3.63) is 30.0 Å². The zero-order valence-electron chi connectivity index (χ0n) is 10.3. The van der Waals surface area contributed by atoms with Gasteiger partial charge in [-0.15, -0.1) is 0 Å². The van der Waals surface area contributed by atoms with E-state index in [1.807, 2.05) is 23.9 Å². The first-order valence-electron chi connectivity index (χ1n) is 5.70. The van der Waals surface area contributed by atoms with E-state index >= 15 is 0 Å². The van der Waals surface area contributed by atoms with Crippen molar-refractivity contribution in [2.45, 2.75) is 12.5 Å². The fraction of sp³-hybridized carbons (Fsp3) is 0.308. The second kappa shape index (κ2) is 4.70. The molecule has 0 spiro atoms. The molecule has 1 aromatic carbocycles. The number of aromatic nitrogens is 1. The molecule has 0 aliphatic rings. The smallest absolute Gasteiger partial charge is 0.321 e. The van der Waals surface area contributed by atoms with Gasteiger partial charge in [-0.05, 0) is 24.7 Å². The van der Waals surface area contributed by atoms with Gasteiger partial charge in [0, 0.05) is 31.1 Å². The quantitative estimate of drug-likeness (QED) is 0.757. The van der Waals surface area contributed by atoms with E-state index in [1.165, 1.54) is 0 Å². The third-order valence-corrected chi connectivity index (χ3v) is 3.13. The van der Waals surface area contributed by atoms with Gasteiger partial charge < -0.3 is 20.1 Å². The molecule has 5 nitrogen and oxygen atoms in total. The van der Waals surface area contributed by atoms with Gasteiger partial charge >= 0.3 is 5.97 Å². The first-order valence-corrected chi connectivity index (χ1v) is 5.70. The molecule has 0 radical (unpaired) electrons. The van der Waals surface area contributed by atoms with Crippen LogP contribution in [-0.4, -0.2) is 33.8 Å². The number of aromatic hydroxyl groups is 1. The molecule has 2 aromatic rings. The monoisotopic (exact) mass is 248 g/mol. The van der Waals surface area contributed by atoms with E-state index in [-0.39, 0.29) is 5.75 Å². The second-order valence-corrected chi connectivity index (χ2v) is 4.35. The van der Waals surface area contributed by atoms with Crippen LogP contribution in [0.4, 0.5) is 0 Å². The van der Waals surface area contributed by atoms with Gasteiger partial charge in [0.25, 0.3) is 0 Å². The number of fused-ring (bicyclic) bond motifs is 1. The molecule has 5 heteroatoms. The highest BCUT2D eigenvalue weighted by Gasteiger charge is 2.18. The summed E-state index contributed by atoms with van der Waals surface area (Å²) in [5.74, 6) is -0.660. The number of carbonyl (C=O) groups is 1. The second-order valence-electron chi connectivity index (χ2n) is 4.35. The van der Waals surface area contributed by atoms with Gasteiger partial charge in [0.05, 0.1) is 5.52 Å². The van der Waals surface area contributed by atoms with E-state index in [0.29, 0.717) is 6.42 Å². The van der Waals surface area contributed by atoms with Crippen molar-refractivity contribution >= 4 is 16.9 Å². The fourth-order valence-corrected chi connectivity index (χ4v) is 2.15. The predicted octanol–water partition coefficient (Wildman–Crippen LogP) is 1.10. The van der Waals surface area contributed by atoms with E-state index in [9.17, 15) is 9.90 Å². The van der Waals surface area contributed by atoms with Gasteiger partial charge in [-0.2, -0.15) is 0 Å². The number of hydrogen-bond acceptors (Lipinski definition) is 3. The van der Waals surface area contributed by atoms with Gasteiger partial charge in [0.15, 0.2) is 0 Å². The minimum absolute atomic E-state index is 0.207. The number of likely N-dealkylation sites (N-methyl/N-ethyl adjacent to an activating group) is 1. The van der Waals surface area contributed by atoms with Crippen molar-refractivity contribution in [3.63, 3.8) is 0 Å². The van der Waals surface area contributed by atoms with Crippen LogP contribution >= 0.6 is 0 Å². The summed E-state index contributed by atoms with van der Waals surface area (Å²) < 4.78 is 1.89. The number of phenols is 1. The number of rotatable bonds is 4. The number of nitrogens with zero attached hydrogens (tertiary/aromatic N) is 1. The third-order valence-electron chi connectivity index (χ3n) is 3.13. The minimum atomic E-state index is -0.867. The zero-order valence-corrected chi connectivity index (χ0v) is 10.3. The number of carboxylic acid groups (broad SMARTS) is 1. The first-order chi connectivity index (χ1) is 8.52. The highest BCUT2D eigenvalue weighted by molar-refractivity contribution is 5.86. The number of aliphatic carboxylic acids is 1. The molecule has 1 atom stereocenters. The summed E-state index contributed by atoms with van der Waals surface area (Å²) >= 11 is 0. The molecule has 0 aliphatic carbocycles. The summed E-state index contributed by atoms with van der Waals surface area (Å²) in [4.78, 5) is 11.0. The molecule has 0 amide bonds. The lowest BCUT2D eigenvalue weighted by Crippen LogP contribution is -2.35. The van der Waals surface area contributed by atoms with Crippen LogP contribution in [0.1, 0.15) is 5.56 Å². The summed E-state index contributed by atoms with van der Waals surface area (Å²) in [6.45, 7) is 0. The van der Waals surface area contributed by atoms with Crippen LogP contribution in [0, 0.1) is 0 Å². The Labute approximate surface area is 105 Å². The Kier molecular flexibility index (Phi) is 3.25. The summed E-state index contributed by atoms with van der Waals surface area (Å²) in [6.07, 6.45) is 2.31. The van der Waals surface area contributed by atoms with Crippen LogP contribution in [0.15, 0.2) is 24.4 Å². The van der Waals surface area contributed by atoms with Gasteiger partial charge in [-0.25, -0.2) is 0 Å². The lowest BCUT2D eigenvalue weighted by atomic mass is 10.1. The van der Waals surface area contributed by atoms with Crippen LogP contribution in [0.25, 0.3) is 10.9 Å². The van der Waals surface area contributed by atoms with Crippen molar-refractivity contribution in [3.8, 4) is 5.75 Å². The molecule has 2 rings (SSSR count). The SMILES string of the molecule is CNC(Cc1cn(C)c2cc(O)ccc12)C(=O)O. The number of hydrogen-bond donors (Lipinski definition) is 3. The van der Waals surface area contributed by atoms with Crippen LogP contribution in [-0.2, 0) is 18.3 Å². The molecule has 0 fully saturated rings. The summed E-state index contributed by atoms with van der Waals surface area (Å²) in [5.41, 5.74) is 1.85. The number of phenolic OH excluding ortho intramolecular Hbond substituents is 1. The predicted molar refractivity (Wildman–Crippen MR) is 68.8 cm³/mol. The topological polar surface area (TPSA) is 74.5 Å². The van der Waals surface area contributed by atoms with Gasteiger partial charge in [-0.1, -0.05) is 0 Å². The molecule has 3 N–H and O–H groups in total. The Morgan fingerprint density at radius 3 is 2.83 bits per heavy atom. The van der Waals surface area contributed by atoms with E-state index in [2.05, 4.69) is 5.32 Å². The maximum absolute atomic E-state index is 11.0. The average Bonchev–Trinajstić information content (AvgIpc) is 2.62. The van der Waals surface area contributed by atoms with Crippen LogP contribution in [0.5, 0.6) is 5.75 Å². The number of carboxylic acids is 1.